The van der Waals surface area contributed by atoms with Gasteiger partial charge in [0.25, 0.3) is 0 Å². The van der Waals surface area contributed by atoms with Crippen molar-refractivity contribution >= 4 is 17.7 Å². The first-order chi connectivity index (χ1) is 9.05. The molecule has 1 aromatic rings. The number of carbonyl (C=O) groups excluding carboxylic acids is 1. The summed E-state index contributed by atoms with van der Waals surface area (Å²) in [6, 6.07) is 0.439. The van der Waals surface area contributed by atoms with Crippen LogP contribution in [0.15, 0.2) is 11.5 Å². The number of hydrogen-bond donors (Lipinski definition) is 1. The average Bonchev–Trinajstić information content (AvgIpc) is 3.08. The molecule has 1 saturated carbocycles. The summed E-state index contributed by atoms with van der Waals surface area (Å²) < 4.78 is 7.02. The van der Waals surface area contributed by atoms with E-state index in [-0.39, 0.29) is 5.97 Å². The van der Waals surface area contributed by atoms with Crippen molar-refractivity contribution in [1.82, 2.24) is 20.1 Å². The summed E-state index contributed by atoms with van der Waals surface area (Å²) in [6.07, 6.45) is 3.91. The minimum absolute atomic E-state index is 0.198. The normalized spacial score (nSPS) is 18.1. The SMILES string of the molecule is CCOC(=O)C(C)(CSc1nncn1C)NC1CC1. The zero-order valence-corrected chi connectivity index (χ0v) is 12.4. The minimum Gasteiger partial charge on any atom is -0.465 e. The first-order valence-electron chi connectivity index (χ1n) is 6.47. The molecule has 0 amide bonds. The lowest BCUT2D eigenvalue weighted by Crippen LogP contribution is -2.53. The summed E-state index contributed by atoms with van der Waals surface area (Å²) in [5, 5.41) is 12.0. The molecule has 0 bridgehead atoms. The van der Waals surface area contributed by atoms with Crippen molar-refractivity contribution in [2.45, 2.75) is 43.4 Å². The van der Waals surface area contributed by atoms with E-state index in [9.17, 15) is 4.79 Å². The summed E-state index contributed by atoms with van der Waals surface area (Å²) in [4.78, 5) is 12.1. The molecule has 6 nitrogen and oxygen atoms in total. The maximum Gasteiger partial charge on any atom is 0.326 e. The van der Waals surface area contributed by atoms with E-state index >= 15 is 0 Å². The van der Waals surface area contributed by atoms with Gasteiger partial charge in [0.2, 0.25) is 0 Å². The van der Waals surface area contributed by atoms with Crippen molar-refractivity contribution in [3.8, 4) is 0 Å². The van der Waals surface area contributed by atoms with Gasteiger partial charge in [-0.25, -0.2) is 0 Å². The second-order valence-corrected chi connectivity index (χ2v) is 5.93. The zero-order valence-electron chi connectivity index (χ0n) is 11.5. The van der Waals surface area contributed by atoms with E-state index in [1.165, 1.54) is 11.8 Å². The van der Waals surface area contributed by atoms with Crippen molar-refractivity contribution in [2.24, 2.45) is 7.05 Å². The van der Waals surface area contributed by atoms with Crippen LogP contribution in [0.1, 0.15) is 26.7 Å². The van der Waals surface area contributed by atoms with E-state index in [4.69, 9.17) is 4.74 Å². The molecular formula is C12H20N4O2S. The molecule has 106 valence electrons. The highest BCUT2D eigenvalue weighted by molar-refractivity contribution is 7.99. The fraction of sp³-hybridized carbons (Fsp3) is 0.750. The molecule has 0 aromatic carbocycles. The largest absolute Gasteiger partial charge is 0.465 e. The van der Waals surface area contributed by atoms with Gasteiger partial charge < -0.3 is 9.30 Å². The summed E-state index contributed by atoms with van der Waals surface area (Å²) in [5.74, 6) is 0.381. The second kappa shape index (κ2) is 5.92. The molecule has 7 heteroatoms. The van der Waals surface area contributed by atoms with Crippen molar-refractivity contribution in [1.29, 1.82) is 0 Å². The molecule has 1 aromatic heterocycles. The molecule has 1 aliphatic rings. The summed E-state index contributed by atoms with van der Waals surface area (Å²) in [6.45, 7) is 4.12. The van der Waals surface area contributed by atoms with Gasteiger partial charge in [-0.15, -0.1) is 10.2 Å². The molecule has 1 unspecified atom stereocenters. The first-order valence-corrected chi connectivity index (χ1v) is 7.45. The minimum atomic E-state index is -0.673. The Morgan fingerprint density at radius 1 is 1.68 bits per heavy atom. The molecule has 1 N–H and O–H groups in total. The first kappa shape index (κ1) is 14.3. The quantitative estimate of drug-likeness (QED) is 0.594. The highest BCUT2D eigenvalue weighted by Gasteiger charge is 2.40. The summed E-state index contributed by atoms with van der Waals surface area (Å²) >= 11 is 1.51. The number of thioether (sulfide) groups is 1. The van der Waals surface area contributed by atoms with Crippen LogP contribution in [0.3, 0.4) is 0 Å². The predicted octanol–water partition coefficient (Wildman–Crippen LogP) is 0.981. The van der Waals surface area contributed by atoms with E-state index in [1.54, 1.807) is 6.33 Å². The summed E-state index contributed by atoms with van der Waals surface area (Å²) in [7, 11) is 1.89. The van der Waals surface area contributed by atoms with Gasteiger partial charge in [-0.1, -0.05) is 11.8 Å². The third-order valence-electron chi connectivity index (χ3n) is 2.99. The second-order valence-electron chi connectivity index (χ2n) is 4.98. The van der Waals surface area contributed by atoms with Crippen LogP contribution >= 0.6 is 11.8 Å². The van der Waals surface area contributed by atoms with Gasteiger partial charge in [0.15, 0.2) is 5.16 Å². The molecule has 0 spiro atoms. The zero-order chi connectivity index (χ0) is 13.9. The third kappa shape index (κ3) is 3.70. The Balaban J connectivity index is 2.00. The van der Waals surface area contributed by atoms with Gasteiger partial charge in [0.1, 0.15) is 11.9 Å². The third-order valence-corrected chi connectivity index (χ3v) is 4.34. The molecule has 2 rings (SSSR count). The van der Waals surface area contributed by atoms with E-state index in [0.29, 0.717) is 18.4 Å². The Labute approximate surface area is 117 Å². The van der Waals surface area contributed by atoms with Crippen molar-refractivity contribution in [2.75, 3.05) is 12.4 Å². The van der Waals surface area contributed by atoms with Gasteiger partial charge in [-0.3, -0.25) is 10.1 Å². The van der Waals surface area contributed by atoms with Crippen molar-refractivity contribution < 1.29 is 9.53 Å². The standard InChI is InChI=1S/C12H20N4O2S/c1-4-18-10(17)12(2,14-9-5-6-9)7-19-11-15-13-8-16(11)3/h8-9,14H,4-7H2,1-3H3. The molecule has 1 atom stereocenters. The number of aromatic nitrogens is 3. The maximum absolute atomic E-state index is 12.1. The van der Waals surface area contributed by atoms with Crippen molar-refractivity contribution in [3.63, 3.8) is 0 Å². The van der Waals surface area contributed by atoms with Gasteiger partial charge in [-0.05, 0) is 26.7 Å². The number of aryl methyl sites for hydroxylation is 1. The van der Waals surface area contributed by atoms with E-state index in [0.717, 1.165) is 18.0 Å². The van der Waals surface area contributed by atoms with Crippen LogP contribution in [0, 0.1) is 0 Å². The molecule has 0 radical (unpaired) electrons. The number of carbonyl (C=O) groups is 1. The van der Waals surface area contributed by atoms with Crippen LogP contribution in [-0.4, -0.2) is 44.7 Å². The summed E-state index contributed by atoms with van der Waals surface area (Å²) in [5.41, 5.74) is -0.673. The topological polar surface area (TPSA) is 69.0 Å². The monoisotopic (exact) mass is 284 g/mol. The Morgan fingerprint density at radius 2 is 2.42 bits per heavy atom. The number of esters is 1. The Bertz CT molecular complexity index is 447. The van der Waals surface area contributed by atoms with Crippen LogP contribution < -0.4 is 5.32 Å². The number of nitrogens with zero attached hydrogens (tertiary/aromatic N) is 3. The highest BCUT2D eigenvalue weighted by Crippen LogP contribution is 2.27. The molecule has 1 heterocycles. The average molecular weight is 284 g/mol. The Morgan fingerprint density at radius 3 is 2.95 bits per heavy atom. The molecule has 1 aliphatic carbocycles. The molecular weight excluding hydrogens is 264 g/mol. The maximum atomic E-state index is 12.1. The number of ether oxygens (including phenoxy) is 1. The predicted molar refractivity (Wildman–Crippen MR) is 72.9 cm³/mol. The van der Waals surface area contributed by atoms with Crippen LogP contribution in [0.25, 0.3) is 0 Å². The smallest absolute Gasteiger partial charge is 0.326 e. The molecule has 19 heavy (non-hydrogen) atoms. The van der Waals surface area contributed by atoms with Crippen LogP contribution in [0.2, 0.25) is 0 Å². The van der Waals surface area contributed by atoms with E-state index < -0.39 is 5.54 Å². The molecule has 0 aliphatic heterocycles. The fourth-order valence-electron chi connectivity index (χ4n) is 1.74. The van der Waals surface area contributed by atoms with Gasteiger partial charge >= 0.3 is 5.97 Å². The lowest BCUT2D eigenvalue weighted by molar-refractivity contribution is -0.149. The molecule has 1 fully saturated rings. The lowest BCUT2D eigenvalue weighted by atomic mass is 10.1. The lowest BCUT2D eigenvalue weighted by Gasteiger charge is -2.28. The van der Waals surface area contributed by atoms with Gasteiger partial charge in [-0.2, -0.15) is 0 Å². The number of nitrogens with one attached hydrogen (secondary N) is 1. The van der Waals surface area contributed by atoms with Crippen LogP contribution in [-0.2, 0) is 16.6 Å². The van der Waals surface area contributed by atoms with E-state index in [1.807, 2.05) is 25.5 Å². The van der Waals surface area contributed by atoms with Crippen LogP contribution in [0.5, 0.6) is 0 Å². The number of hydrogen-bond acceptors (Lipinski definition) is 6. The molecule has 0 saturated heterocycles. The number of rotatable bonds is 7. The fourth-order valence-corrected chi connectivity index (χ4v) is 2.71. The Kier molecular flexibility index (Phi) is 4.46. The van der Waals surface area contributed by atoms with Gasteiger partial charge in [0, 0.05) is 18.8 Å². The van der Waals surface area contributed by atoms with E-state index in [2.05, 4.69) is 15.5 Å². The van der Waals surface area contributed by atoms with Gasteiger partial charge in [0.05, 0.1) is 6.61 Å². The van der Waals surface area contributed by atoms with Crippen molar-refractivity contribution in [3.05, 3.63) is 6.33 Å². The van der Waals surface area contributed by atoms with Crippen LogP contribution in [0.4, 0.5) is 0 Å². The highest BCUT2D eigenvalue weighted by atomic mass is 32.2. The Hall–Kier alpha value is -1.08.